The number of rotatable bonds is 8. The molecule has 0 aliphatic carbocycles. The van der Waals surface area contributed by atoms with Gasteiger partial charge in [-0.25, -0.2) is 4.79 Å². The first-order valence-corrected chi connectivity index (χ1v) is 8.59. The van der Waals surface area contributed by atoms with Crippen molar-refractivity contribution in [1.29, 1.82) is 0 Å². The predicted octanol–water partition coefficient (Wildman–Crippen LogP) is 2.19. The Morgan fingerprint density at radius 3 is 2.52 bits per heavy atom. The largest absolute Gasteiger partial charge is 0.490 e. The van der Waals surface area contributed by atoms with E-state index in [1.54, 1.807) is 18.2 Å². The summed E-state index contributed by atoms with van der Waals surface area (Å²) in [5.74, 6) is -0.331. The quantitative estimate of drug-likeness (QED) is 0.773. The number of ether oxygens (including phenoxy) is 3. The molecule has 25 heavy (non-hydrogen) atoms. The standard InChI is InChI=1S/C18H25NO6/c1-3-8-24-15-6-5-13(11-16(15)25-9-4-2)17(20)19-7-10-23-12-14(19)18(21)22/h5-6,11,14H,3-4,7-10,12H2,1-2H3,(H,21,22). The SMILES string of the molecule is CCCOc1ccc(C(=O)N2CCOCC2C(=O)O)cc1OCCC. The molecule has 0 bridgehead atoms. The Hall–Kier alpha value is -2.28. The summed E-state index contributed by atoms with van der Waals surface area (Å²) >= 11 is 0. The van der Waals surface area contributed by atoms with E-state index < -0.39 is 12.0 Å². The zero-order valence-corrected chi connectivity index (χ0v) is 14.7. The molecule has 1 aliphatic rings. The van der Waals surface area contributed by atoms with Crippen LogP contribution in [0, 0.1) is 0 Å². The zero-order valence-electron chi connectivity index (χ0n) is 14.7. The first-order chi connectivity index (χ1) is 12.1. The van der Waals surface area contributed by atoms with Crippen LogP contribution in [0.4, 0.5) is 0 Å². The minimum Gasteiger partial charge on any atom is -0.490 e. The molecule has 0 aromatic heterocycles. The summed E-state index contributed by atoms with van der Waals surface area (Å²) in [5, 5.41) is 9.30. The molecule has 138 valence electrons. The molecule has 0 radical (unpaired) electrons. The third-order valence-electron chi connectivity index (χ3n) is 3.79. The maximum absolute atomic E-state index is 12.8. The smallest absolute Gasteiger partial charge is 0.328 e. The highest BCUT2D eigenvalue weighted by atomic mass is 16.5. The first-order valence-electron chi connectivity index (χ1n) is 8.59. The van der Waals surface area contributed by atoms with Gasteiger partial charge in [0.1, 0.15) is 0 Å². The number of carboxylic acids is 1. The van der Waals surface area contributed by atoms with Gasteiger partial charge in [0, 0.05) is 12.1 Å². The summed E-state index contributed by atoms with van der Waals surface area (Å²) in [6.45, 7) is 5.64. The van der Waals surface area contributed by atoms with Gasteiger partial charge < -0.3 is 24.2 Å². The van der Waals surface area contributed by atoms with E-state index in [4.69, 9.17) is 14.2 Å². The Balaban J connectivity index is 2.24. The number of hydrogen-bond donors (Lipinski definition) is 1. The third kappa shape index (κ3) is 4.85. The molecule has 1 heterocycles. The molecule has 1 fully saturated rings. The van der Waals surface area contributed by atoms with Gasteiger partial charge in [0.25, 0.3) is 5.91 Å². The minimum absolute atomic E-state index is 0.00202. The monoisotopic (exact) mass is 351 g/mol. The molecule has 1 aromatic carbocycles. The van der Waals surface area contributed by atoms with Crippen LogP contribution in [0.25, 0.3) is 0 Å². The molecule has 1 saturated heterocycles. The van der Waals surface area contributed by atoms with Crippen molar-refractivity contribution in [2.24, 2.45) is 0 Å². The van der Waals surface area contributed by atoms with Crippen LogP contribution < -0.4 is 9.47 Å². The minimum atomic E-state index is -1.07. The highest BCUT2D eigenvalue weighted by Crippen LogP contribution is 2.30. The van der Waals surface area contributed by atoms with Crippen molar-refractivity contribution in [2.45, 2.75) is 32.7 Å². The van der Waals surface area contributed by atoms with Gasteiger partial charge in [0.15, 0.2) is 17.5 Å². The number of benzene rings is 1. The molecule has 1 amide bonds. The molecule has 1 aliphatic heterocycles. The van der Waals surface area contributed by atoms with Crippen LogP contribution >= 0.6 is 0 Å². The van der Waals surface area contributed by atoms with E-state index in [0.717, 1.165) is 12.8 Å². The van der Waals surface area contributed by atoms with Crippen molar-refractivity contribution in [1.82, 2.24) is 4.90 Å². The molecule has 7 heteroatoms. The van der Waals surface area contributed by atoms with Crippen LogP contribution in [-0.4, -0.2) is 60.9 Å². The third-order valence-corrected chi connectivity index (χ3v) is 3.79. The summed E-state index contributed by atoms with van der Waals surface area (Å²) in [6.07, 6.45) is 1.69. The average Bonchev–Trinajstić information content (AvgIpc) is 2.64. The summed E-state index contributed by atoms with van der Waals surface area (Å²) in [5.41, 5.74) is 0.378. The molecular formula is C18H25NO6. The number of hydrogen-bond acceptors (Lipinski definition) is 5. The lowest BCUT2D eigenvalue weighted by atomic mass is 10.1. The average molecular weight is 351 g/mol. The zero-order chi connectivity index (χ0) is 18.2. The van der Waals surface area contributed by atoms with Crippen molar-refractivity contribution in [3.05, 3.63) is 23.8 Å². The number of carbonyl (C=O) groups is 2. The van der Waals surface area contributed by atoms with Gasteiger partial charge in [-0.2, -0.15) is 0 Å². The predicted molar refractivity (Wildman–Crippen MR) is 91.3 cm³/mol. The van der Waals surface area contributed by atoms with Gasteiger partial charge in [-0.3, -0.25) is 4.79 Å². The second-order valence-corrected chi connectivity index (χ2v) is 5.79. The Kier molecular flexibility index (Phi) is 7.06. The Morgan fingerprint density at radius 1 is 1.20 bits per heavy atom. The van der Waals surface area contributed by atoms with Crippen LogP contribution in [0.1, 0.15) is 37.0 Å². The molecule has 2 rings (SSSR count). The summed E-state index contributed by atoms with van der Waals surface area (Å²) in [7, 11) is 0. The maximum atomic E-state index is 12.8. The van der Waals surface area contributed by atoms with E-state index in [-0.39, 0.29) is 19.1 Å². The number of carbonyl (C=O) groups excluding carboxylic acids is 1. The first kappa shape index (κ1) is 19.1. The van der Waals surface area contributed by atoms with Crippen LogP contribution in [0.5, 0.6) is 11.5 Å². The Morgan fingerprint density at radius 2 is 1.88 bits per heavy atom. The van der Waals surface area contributed by atoms with Crippen molar-refractivity contribution in [3.8, 4) is 11.5 Å². The van der Waals surface area contributed by atoms with Crippen LogP contribution in [0.15, 0.2) is 18.2 Å². The van der Waals surface area contributed by atoms with Gasteiger partial charge in [-0.1, -0.05) is 13.8 Å². The van der Waals surface area contributed by atoms with Crippen molar-refractivity contribution in [2.75, 3.05) is 33.0 Å². The highest BCUT2D eigenvalue weighted by Gasteiger charge is 2.33. The lowest BCUT2D eigenvalue weighted by molar-refractivity contribution is -0.147. The topological polar surface area (TPSA) is 85.3 Å². The van der Waals surface area contributed by atoms with Crippen LogP contribution in [0.3, 0.4) is 0 Å². The van der Waals surface area contributed by atoms with E-state index in [9.17, 15) is 14.7 Å². The molecule has 0 saturated carbocycles. The molecule has 1 aromatic rings. The molecule has 0 spiro atoms. The number of nitrogens with zero attached hydrogens (tertiary/aromatic N) is 1. The van der Waals surface area contributed by atoms with Gasteiger partial charge >= 0.3 is 5.97 Å². The van der Waals surface area contributed by atoms with Gasteiger partial charge in [0.05, 0.1) is 26.4 Å². The highest BCUT2D eigenvalue weighted by molar-refractivity contribution is 5.97. The fourth-order valence-corrected chi connectivity index (χ4v) is 2.51. The number of amides is 1. The fourth-order valence-electron chi connectivity index (χ4n) is 2.51. The Labute approximate surface area is 147 Å². The van der Waals surface area contributed by atoms with E-state index in [1.165, 1.54) is 4.90 Å². The van der Waals surface area contributed by atoms with E-state index >= 15 is 0 Å². The van der Waals surface area contributed by atoms with Gasteiger partial charge in [-0.15, -0.1) is 0 Å². The maximum Gasteiger partial charge on any atom is 0.328 e. The van der Waals surface area contributed by atoms with E-state index in [1.807, 2.05) is 13.8 Å². The number of carboxylic acid groups (broad SMARTS) is 1. The van der Waals surface area contributed by atoms with Gasteiger partial charge in [-0.05, 0) is 31.0 Å². The van der Waals surface area contributed by atoms with E-state index in [2.05, 4.69) is 0 Å². The van der Waals surface area contributed by atoms with E-state index in [0.29, 0.717) is 36.9 Å². The molecular weight excluding hydrogens is 326 g/mol. The normalized spacial score (nSPS) is 17.2. The van der Waals surface area contributed by atoms with Crippen LogP contribution in [0.2, 0.25) is 0 Å². The summed E-state index contributed by atoms with van der Waals surface area (Å²) in [4.78, 5) is 25.5. The second kappa shape index (κ2) is 9.27. The number of aliphatic carboxylic acids is 1. The lowest BCUT2D eigenvalue weighted by Gasteiger charge is -2.33. The molecule has 1 N–H and O–H groups in total. The van der Waals surface area contributed by atoms with Crippen LogP contribution in [-0.2, 0) is 9.53 Å². The molecule has 1 unspecified atom stereocenters. The van der Waals surface area contributed by atoms with Crippen molar-refractivity contribution in [3.63, 3.8) is 0 Å². The lowest BCUT2D eigenvalue weighted by Crippen LogP contribution is -2.52. The fraction of sp³-hybridized carbons (Fsp3) is 0.556. The van der Waals surface area contributed by atoms with Crippen molar-refractivity contribution >= 4 is 11.9 Å². The molecule has 1 atom stereocenters. The second-order valence-electron chi connectivity index (χ2n) is 5.79. The van der Waals surface area contributed by atoms with Gasteiger partial charge in [0.2, 0.25) is 0 Å². The Bertz CT molecular complexity index is 603. The van der Waals surface area contributed by atoms with Crippen molar-refractivity contribution < 1.29 is 28.9 Å². The summed E-state index contributed by atoms with van der Waals surface area (Å²) < 4.78 is 16.5. The summed E-state index contributed by atoms with van der Waals surface area (Å²) in [6, 6.07) is 3.99. The molecule has 7 nitrogen and oxygen atoms in total. The number of morpholine rings is 1.